The zero-order chi connectivity index (χ0) is 21.8. The van der Waals surface area contributed by atoms with Crippen molar-refractivity contribution in [2.75, 3.05) is 36.4 Å². The fraction of sp³-hybridized carbons (Fsp3) is 0.480. The number of anilines is 2. The molecule has 2 fully saturated rings. The smallest absolute Gasteiger partial charge is 0.255 e. The van der Waals surface area contributed by atoms with Gasteiger partial charge in [0.1, 0.15) is 5.82 Å². The van der Waals surface area contributed by atoms with Gasteiger partial charge in [0.25, 0.3) is 5.91 Å². The van der Waals surface area contributed by atoms with Gasteiger partial charge in [-0.1, -0.05) is 12.1 Å². The van der Waals surface area contributed by atoms with Crippen molar-refractivity contribution in [2.24, 2.45) is 0 Å². The summed E-state index contributed by atoms with van der Waals surface area (Å²) >= 11 is 0. The Labute approximate surface area is 184 Å². The number of amides is 1. The molecule has 2 heterocycles. The highest BCUT2D eigenvalue weighted by molar-refractivity contribution is 6.06. The summed E-state index contributed by atoms with van der Waals surface area (Å²) in [5.41, 5.74) is 3.16. The van der Waals surface area contributed by atoms with E-state index in [1.54, 1.807) is 6.07 Å². The largest absolute Gasteiger partial charge is 0.373 e. The van der Waals surface area contributed by atoms with Crippen molar-refractivity contribution in [2.45, 2.75) is 51.9 Å². The van der Waals surface area contributed by atoms with Crippen molar-refractivity contribution in [1.29, 1.82) is 0 Å². The van der Waals surface area contributed by atoms with Crippen LogP contribution in [-0.2, 0) is 11.3 Å². The molecular weight excluding hydrogens is 393 g/mol. The number of piperidine rings is 1. The molecule has 1 amide bonds. The first-order chi connectivity index (χ1) is 15.0. The van der Waals surface area contributed by atoms with Gasteiger partial charge in [0.2, 0.25) is 0 Å². The molecule has 0 saturated carbocycles. The highest BCUT2D eigenvalue weighted by Crippen LogP contribution is 2.30. The number of ether oxygens (including phenoxy) is 1. The maximum absolute atomic E-state index is 13.9. The van der Waals surface area contributed by atoms with E-state index < -0.39 is 0 Å². The molecule has 166 valence electrons. The summed E-state index contributed by atoms with van der Waals surface area (Å²) in [6, 6.07) is 12.3. The standard InChI is InChI=1S/C25H32FN3O2/c1-18-15-28(16-19(2)31-18)17-20-6-8-21(9-7-20)25(30)27-23-14-22(26)10-11-24(23)29-12-4-3-5-13-29/h6-11,14,18-19H,3-5,12-13,15-17H2,1-2H3,(H,27,30). The van der Waals surface area contributed by atoms with Crippen molar-refractivity contribution in [1.82, 2.24) is 4.90 Å². The number of halogens is 1. The van der Waals surface area contributed by atoms with E-state index in [1.807, 2.05) is 24.3 Å². The maximum atomic E-state index is 13.9. The molecule has 2 aliphatic heterocycles. The van der Waals surface area contributed by atoms with Crippen LogP contribution in [0.2, 0.25) is 0 Å². The number of hydrogen-bond acceptors (Lipinski definition) is 4. The second kappa shape index (κ2) is 9.79. The molecule has 2 aromatic rings. The Morgan fingerprint density at radius 2 is 1.71 bits per heavy atom. The normalized spacial score (nSPS) is 22.4. The van der Waals surface area contributed by atoms with Crippen LogP contribution < -0.4 is 10.2 Å². The van der Waals surface area contributed by atoms with E-state index >= 15 is 0 Å². The quantitative estimate of drug-likeness (QED) is 0.756. The molecule has 0 radical (unpaired) electrons. The minimum Gasteiger partial charge on any atom is -0.373 e. The maximum Gasteiger partial charge on any atom is 0.255 e. The van der Waals surface area contributed by atoms with Crippen LogP contribution in [0.3, 0.4) is 0 Å². The van der Waals surface area contributed by atoms with E-state index in [1.165, 1.54) is 18.6 Å². The van der Waals surface area contributed by atoms with E-state index in [9.17, 15) is 9.18 Å². The average Bonchev–Trinajstić information content (AvgIpc) is 2.74. The van der Waals surface area contributed by atoms with E-state index in [2.05, 4.69) is 29.0 Å². The fourth-order valence-electron chi connectivity index (χ4n) is 4.65. The van der Waals surface area contributed by atoms with Crippen LogP contribution in [0.5, 0.6) is 0 Å². The lowest BCUT2D eigenvalue weighted by Gasteiger charge is -2.35. The molecule has 2 aromatic carbocycles. The van der Waals surface area contributed by atoms with Gasteiger partial charge in [-0.15, -0.1) is 0 Å². The summed E-state index contributed by atoms with van der Waals surface area (Å²) in [5.74, 6) is -0.565. The molecule has 1 N–H and O–H groups in total. The highest BCUT2D eigenvalue weighted by atomic mass is 19.1. The molecule has 2 aliphatic rings. The summed E-state index contributed by atoms with van der Waals surface area (Å²) in [4.78, 5) is 17.5. The Balaban J connectivity index is 1.43. The van der Waals surface area contributed by atoms with Gasteiger partial charge in [0.15, 0.2) is 0 Å². The summed E-state index contributed by atoms with van der Waals surface area (Å²) in [6.07, 6.45) is 3.91. The van der Waals surface area contributed by atoms with Crippen LogP contribution >= 0.6 is 0 Å². The van der Waals surface area contributed by atoms with Crippen LogP contribution in [0.4, 0.5) is 15.8 Å². The molecule has 0 aromatic heterocycles. The van der Waals surface area contributed by atoms with Crippen molar-refractivity contribution >= 4 is 17.3 Å². The Bertz CT molecular complexity index is 886. The summed E-state index contributed by atoms with van der Waals surface area (Å²) in [7, 11) is 0. The van der Waals surface area contributed by atoms with Crippen molar-refractivity contribution in [3.8, 4) is 0 Å². The SMILES string of the molecule is CC1CN(Cc2ccc(C(=O)Nc3cc(F)ccc3N3CCCCC3)cc2)CC(C)O1. The van der Waals surface area contributed by atoms with E-state index in [4.69, 9.17) is 4.74 Å². The van der Waals surface area contributed by atoms with Crippen molar-refractivity contribution in [3.05, 3.63) is 59.4 Å². The number of rotatable bonds is 5. The fourth-order valence-corrected chi connectivity index (χ4v) is 4.65. The van der Waals surface area contributed by atoms with Crippen LogP contribution in [0.15, 0.2) is 42.5 Å². The van der Waals surface area contributed by atoms with Crippen LogP contribution in [0.25, 0.3) is 0 Å². The Morgan fingerprint density at radius 1 is 1.03 bits per heavy atom. The van der Waals surface area contributed by atoms with Gasteiger partial charge in [-0.05, 0) is 69.0 Å². The number of nitrogens with one attached hydrogen (secondary N) is 1. The van der Waals surface area contributed by atoms with Crippen LogP contribution in [0.1, 0.15) is 49.0 Å². The molecule has 4 rings (SSSR count). The van der Waals surface area contributed by atoms with Gasteiger partial charge in [0.05, 0.1) is 23.6 Å². The molecular formula is C25H32FN3O2. The third-order valence-electron chi connectivity index (χ3n) is 6.02. The summed E-state index contributed by atoms with van der Waals surface area (Å²) in [5, 5.41) is 2.93. The van der Waals surface area contributed by atoms with Gasteiger partial charge in [-0.3, -0.25) is 9.69 Å². The zero-order valence-electron chi connectivity index (χ0n) is 18.4. The predicted molar refractivity (Wildman–Crippen MR) is 122 cm³/mol. The minimum absolute atomic E-state index is 0.218. The molecule has 5 nitrogen and oxygen atoms in total. The topological polar surface area (TPSA) is 44.8 Å². The lowest BCUT2D eigenvalue weighted by atomic mass is 10.1. The second-order valence-corrected chi connectivity index (χ2v) is 8.81. The average molecular weight is 426 g/mol. The Morgan fingerprint density at radius 3 is 2.39 bits per heavy atom. The monoisotopic (exact) mass is 425 g/mol. The lowest BCUT2D eigenvalue weighted by Crippen LogP contribution is -2.44. The highest BCUT2D eigenvalue weighted by Gasteiger charge is 2.22. The van der Waals surface area contributed by atoms with Crippen LogP contribution in [0, 0.1) is 5.82 Å². The van der Waals surface area contributed by atoms with Crippen molar-refractivity contribution < 1.29 is 13.9 Å². The lowest BCUT2D eigenvalue weighted by molar-refractivity contribution is -0.0704. The molecule has 0 bridgehead atoms. The van der Waals surface area contributed by atoms with E-state index in [-0.39, 0.29) is 23.9 Å². The first-order valence-electron chi connectivity index (χ1n) is 11.3. The van der Waals surface area contributed by atoms with Crippen LogP contribution in [-0.4, -0.2) is 49.2 Å². The number of hydrogen-bond donors (Lipinski definition) is 1. The molecule has 6 heteroatoms. The van der Waals surface area contributed by atoms with Gasteiger partial charge >= 0.3 is 0 Å². The molecule has 0 spiro atoms. The first kappa shape index (κ1) is 21.8. The van der Waals surface area contributed by atoms with Gasteiger partial charge in [-0.25, -0.2) is 4.39 Å². The van der Waals surface area contributed by atoms with Gasteiger partial charge < -0.3 is 15.0 Å². The number of nitrogens with zero attached hydrogens (tertiary/aromatic N) is 2. The third-order valence-corrected chi connectivity index (χ3v) is 6.02. The molecule has 31 heavy (non-hydrogen) atoms. The first-order valence-corrected chi connectivity index (χ1v) is 11.3. The number of carbonyl (C=O) groups is 1. The molecule has 2 saturated heterocycles. The Kier molecular flexibility index (Phi) is 6.88. The molecule has 2 unspecified atom stereocenters. The third kappa shape index (κ3) is 5.63. The van der Waals surface area contributed by atoms with Gasteiger partial charge in [-0.2, -0.15) is 0 Å². The number of morpholine rings is 1. The number of benzene rings is 2. The summed E-state index contributed by atoms with van der Waals surface area (Å²) < 4.78 is 19.7. The zero-order valence-corrected chi connectivity index (χ0v) is 18.4. The second-order valence-electron chi connectivity index (χ2n) is 8.81. The predicted octanol–water partition coefficient (Wildman–Crippen LogP) is 4.68. The van der Waals surface area contributed by atoms with E-state index in [0.717, 1.165) is 56.8 Å². The van der Waals surface area contributed by atoms with Crippen molar-refractivity contribution in [3.63, 3.8) is 0 Å². The molecule has 2 atom stereocenters. The number of carbonyl (C=O) groups excluding carboxylic acids is 1. The minimum atomic E-state index is -0.347. The van der Waals surface area contributed by atoms with E-state index in [0.29, 0.717) is 11.3 Å². The van der Waals surface area contributed by atoms with Gasteiger partial charge in [0, 0.05) is 38.3 Å². The molecule has 0 aliphatic carbocycles. The Hall–Kier alpha value is -2.44. The summed E-state index contributed by atoms with van der Waals surface area (Å²) in [6.45, 7) is 8.71.